The van der Waals surface area contributed by atoms with Crippen molar-refractivity contribution in [1.29, 1.82) is 0 Å². The number of carboxylic acids is 1. The van der Waals surface area contributed by atoms with E-state index in [1.165, 1.54) is 18.2 Å². The summed E-state index contributed by atoms with van der Waals surface area (Å²) in [5.41, 5.74) is 1.53. The number of aromatic carboxylic acids is 1. The Labute approximate surface area is 140 Å². The fraction of sp³-hybridized carbons (Fsp3) is 0.263. The van der Waals surface area contributed by atoms with E-state index in [-0.39, 0.29) is 17.3 Å². The Bertz CT molecular complexity index is 761. The Balaban J connectivity index is 2.32. The number of hydrogen-bond acceptors (Lipinski definition) is 2. The lowest BCUT2D eigenvalue weighted by molar-refractivity contribution is -0.123. The third-order valence-electron chi connectivity index (χ3n) is 3.50. The van der Waals surface area contributed by atoms with Gasteiger partial charge in [0, 0.05) is 11.1 Å². The summed E-state index contributed by atoms with van der Waals surface area (Å²) in [6.07, 6.45) is 0.444. The van der Waals surface area contributed by atoms with E-state index in [9.17, 15) is 19.1 Å². The second-order valence-electron chi connectivity index (χ2n) is 6.73. The van der Waals surface area contributed by atoms with Crippen LogP contribution in [0.3, 0.4) is 0 Å². The molecular weight excluding hydrogens is 309 g/mol. The molecule has 2 aromatic rings. The molecule has 2 aromatic carbocycles. The highest BCUT2D eigenvalue weighted by atomic mass is 19.1. The molecule has 5 heteroatoms. The van der Waals surface area contributed by atoms with E-state index in [0.717, 1.165) is 11.1 Å². The molecule has 1 amide bonds. The van der Waals surface area contributed by atoms with E-state index in [4.69, 9.17) is 0 Å². The molecular formula is C19H20FNO3. The Morgan fingerprint density at radius 3 is 2.21 bits per heavy atom. The minimum Gasteiger partial charge on any atom is -0.478 e. The summed E-state index contributed by atoms with van der Waals surface area (Å²) in [6, 6.07) is 10.7. The van der Waals surface area contributed by atoms with E-state index in [1.807, 2.05) is 0 Å². The fourth-order valence-corrected chi connectivity index (χ4v) is 2.15. The molecule has 0 aromatic heterocycles. The third-order valence-corrected chi connectivity index (χ3v) is 3.50. The lowest BCUT2D eigenvalue weighted by Crippen LogP contribution is -2.27. The average molecular weight is 329 g/mol. The molecule has 2 rings (SSSR count). The summed E-state index contributed by atoms with van der Waals surface area (Å²) in [4.78, 5) is 23.4. The van der Waals surface area contributed by atoms with Crippen LogP contribution in [0.4, 0.5) is 10.1 Å². The summed E-state index contributed by atoms with van der Waals surface area (Å²) in [6.45, 7) is 5.34. The molecule has 0 heterocycles. The summed E-state index contributed by atoms with van der Waals surface area (Å²) < 4.78 is 13.0. The Hall–Kier alpha value is -2.69. The van der Waals surface area contributed by atoms with Crippen molar-refractivity contribution in [3.05, 3.63) is 65.0 Å². The summed E-state index contributed by atoms with van der Waals surface area (Å²) in [5, 5.41) is 12.0. The van der Waals surface area contributed by atoms with Crippen LogP contribution in [-0.2, 0) is 11.2 Å². The molecule has 0 fully saturated rings. The summed E-state index contributed by atoms with van der Waals surface area (Å²) in [5.74, 6) is -1.59. The van der Waals surface area contributed by atoms with Crippen LogP contribution in [0.5, 0.6) is 0 Å². The van der Waals surface area contributed by atoms with Crippen molar-refractivity contribution in [2.75, 3.05) is 5.32 Å². The van der Waals surface area contributed by atoms with Gasteiger partial charge >= 0.3 is 5.97 Å². The molecule has 0 saturated carbocycles. The molecule has 0 spiro atoms. The van der Waals surface area contributed by atoms with Gasteiger partial charge < -0.3 is 10.4 Å². The number of benzene rings is 2. The lowest BCUT2D eigenvalue weighted by atomic mass is 9.95. The molecule has 0 atom stereocenters. The predicted molar refractivity (Wildman–Crippen MR) is 90.7 cm³/mol. The maximum Gasteiger partial charge on any atom is 0.335 e. The molecule has 0 aliphatic carbocycles. The van der Waals surface area contributed by atoms with Gasteiger partial charge in [-0.2, -0.15) is 0 Å². The number of hydrogen-bond donors (Lipinski definition) is 2. The molecule has 0 saturated heterocycles. The van der Waals surface area contributed by atoms with Gasteiger partial charge in [-0.3, -0.25) is 4.79 Å². The zero-order valence-corrected chi connectivity index (χ0v) is 13.9. The highest BCUT2D eigenvalue weighted by molar-refractivity contribution is 5.96. The first-order chi connectivity index (χ1) is 11.1. The van der Waals surface area contributed by atoms with Gasteiger partial charge in [0.25, 0.3) is 0 Å². The van der Waals surface area contributed by atoms with Gasteiger partial charge in [0.15, 0.2) is 0 Å². The fourth-order valence-electron chi connectivity index (χ4n) is 2.15. The molecule has 0 unspecified atom stereocenters. The monoisotopic (exact) mass is 329 g/mol. The second-order valence-corrected chi connectivity index (χ2v) is 6.73. The first-order valence-corrected chi connectivity index (χ1v) is 7.58. The average Bonchev–Trinajstić information content (AvgIpc) is 2.48. The molecule has 24 heavy (non-hydrogen) atoms. The van der Waals surface area contributed by atoms with Gasteiger partial charge in [0.2, 0.25) is 5.91 Å². The lowest BCUT2D eigenvalue weighted by Gasteiger charge is -2.18. The number of carboxylic acid groups (broad SMARTS) is 1. The number of carbonyl (C=O) groups excluding carboxylic acids is 1. The van der Waals surface area contributed by atoms with Crippen LogP contribution < -0.4 is 5.32 Å². The first kappa shape index (κ1) is 17.7. The van der Waals surface area contributed by atoms with Crippen molar-refractivity contribution in [2.24, 2.45) is 5.41 Å². The Kier molecular flexibility index (Phi) is 5.02. The van der Waals surface area contributed by atoms with E-state index >= 15 is 0 Å². The zero-order chi connectivity index (χ0) is 17.9. The molecule has 0 radical (unpaired) electrons. The van der Waals surface area contributed by atoms with Crippen LogP contribution in [0, 0.1) is 11.2 Å². The summed E-state index contributed by atoms with van der Waals surface area (Å²) in [7, 11) is 0. The van der Waals surface area contributed by atoms with Gasteiger partial charge in [-0.25, -0.2) is 9.18 Å². The molecule has 0 bridgehead atoms. The van der Waals surface area contributed by atoms with Gasteiger partial charge in [-0.05, 0) is 47.9 Å². The summed E-state index contributed by atoms with van der Waals surface area (Å²) >= 11 is 0. The largest absolute Gasteiger partial charge is 0.478 e. The highest BCUT2D eigenvalue weighted by Crippen LogP contribution is 2.22. The van der Waals surface area contributed by atoms with E-state index in [1.54, 1.807) is 45.0 Å². The minimum atomic E-state index is -1.07. The maximum absolute atomic E-state index is 13.0. The molecule has 0 aliphatic rings. The van der Waals surface area contributed by atoms with Crippen LogP contribution in [0.2, 0.25) is 0 Å². The topological polar surface area (TPSA) is 66.4 Å². The number of anilines is 1. The predicted octanol–water partition coefficient (Wildman–Crippen LogP) is 4.10. The van der Waals surface area contributed by atoms with E-state index < -0.39 is 11.4 Å². The van der Waals surface area contributed by atoms with Crippen molar-refractivity contribution in [3.63, 3.8) is 0 Å². The standard InChI is InChI=1S/C19H20FNO3/c1-19(2,3)18(24)21-16-10-13(9-14(11-16)17(22)23)8-12-4-6-15(20)7-5-12/h4-7,9-11H,8H2,1-3H3,(H,21,24)(H,22,23). The number of nitrogens with one attached hydrogen (secondary N) is 1. The Morgan fingerprint density at radius 1 is 1.04 bits per heavy atom. The Morgan fingerprint density at radius 2 is 1.67 bits per heavy atom. The molecule has 2 N–H and O–H groups in total. The van der Waals surface area contributed by atoms with Crippen molar-refractivity contribution in [3.8, 4) is 0 Å². The normalized spacial score (nSPS) is 11.2. The van der Waals surface area contributed by atoms with Crippen LogP contribution in [-0.4, -0.2) is 17.0 Å². The van der Waals surface area contributed by atoms with Gasteiger partial charge in [0.05, 0.1) is 5.56 Å². The van der Waals surface area contributed by atoms with Gasteiger partial charge in [-0.1, -0.05) is 32.9 Å². The zero-order valence-electron chi connectivity index (χ0n) is 13.9. The van der Waals surface area contributed by atoms with Crippen molar-refractivity contribution >= 4 is 17.6 Å². The van der Waals surface area contributed by atoms with Crippen molar-refractivity contribution in [1.82, 2.24) is 0 Å². The van der Waals surface area contributed by atoms with Crippen LogP contribution in [0.15, 0.2) is 42.5 Å². The smallest absolute Gasteiger partial charge is 0.335 e. The number of rotatable bonds is 4. The SMILES string of the molecule is CC(C)(C)C(=O)Nc1cc(Cc2ccc(F)cc2)cc(C(=O)O)c1. The highest BCUT2D eigenvalue weighted by Gasteiger charge is 2.21. The molecule has 4 nitrogen and oxygen atoms in total. The van der Waals surface area contributed by atoms with E-state index in [0.29, 0.717) is 12.1 Å². The quantitative estimate of drug-likeness (QED) is 0.887. The third kappa shape index (κ3) is 4.65. The second kappa shape index (κ2) is 6.83. The van der Waals surface area contributed by atoms with Gasteiger partial charge in [-0.15, -0.1) is 0 Å². The van der Waals surface area contributed by atoms with Crippen LogP contribution in [0.1, 0.15) is 42.3 Å². The van der Waals surface area contributed by atoms with E-state index in [2.05, 4.69) is 5.32 Å². The van der Waals surface area contributed by atoms with Crippen molar-refractivity contribution in [2.45, 2.75) is 27.2 Å². The van der Waals surface area contributed by atoms with Gasteiger partial charge in [0.1, 0.15) is 5.82 Å². The number of amides is 1. The first-order valence-electron chi connectivity index (χ1n) is 7.58. The minimum absolute atomic E-state index is 0.0961. The van der Waals surface area contributed by atoms with Crippen LogP contribution >= 0.6 is 0 Å². The molecule has 0 aliphatic heterocycles. The molecule has 126 valence electrons. The number of halogens is 1. The maximum atomic E-state index is 13.0. The van der Waals surface area contributed by atoms with Crippen LogP contribution in [0.25, 0.3) is 0 Å². The van der Waals surface area contributed by atoms with Crippen molar-refractivity contribution < 1.29 is 19.1 Å². The number of carbonyl (C=O) groups is 2.